The summed E-state index contributed by atoms with van der Waals surface area (Å²) in [7, 11) is 0. The fourth-order valence-corrected chi connectivity index (χ4v) is 2.62. The van der Waals surface area contributed by atoms with Crippen LogP contribution in [0, 0.1) is 0 Å². The van der Waals surface area contributed by atoms with Gasteiger partial charge in [0.2, 0.25) is 5.91 Å². The van der Waals surface area contributed by atoms with Crippen LogP contribution in [0.4, 0.5) is 23.0 Å². The van der Waals surface area contributed by atoms with Gasteiger partial charge in [-0.3, -0.25) is 15.6 Å². The van der Waals surface area contributed by atoms with E-state index in [9.17, 15) is 4.79 Å². The van der Waals surface area contributed by atoms with Crippen molar-refractivity contribution in [2.24, 2.45) is 0 Å². The van der Waals surface area contributed by atoms with Crippen molar-refractivity contribution in [3.8, 4) is 0 Å². The maximum Gasteiger partial charge on any atom is 0.242 e. The van der Waals surface area contributed by atoms with Gasteiger partial charge in [-0.05, 0) is 17.7 Å². The molecule has 1 amide bonds. The number of carbonyl (C=O) groups is 1. The molecular formula is C18H16Cl2N6O. The zero-order chi connectivity index (χ0) is 19.2. The van der Waals surface area contributed by atoms with E-state index in [1.165, 1.54) is 6.33 Å². The minimum absolute atomic E-state index is 0.216. The number of carbonyl (C=O) groups excluding carboxylic acids is 1. The Labute approximate surface area is 165 Å². The van der Waals surface area contributed by atoms with Crippen LogP contribution in [0.15, 0.2) is 54.9 Å². The number of nitrogens with one attached hydrogen (secondary N) is 3. The standard InChI is InChI=1S/C18H16Cl2N6O/c19-12-7-4-8-13(15(12)20)24-17-16(21)18(23-10-22-17)26-25-14(27)9-11-5-2-1-3-6-11/h1-8,10H,9,21H2,(H,25,27)(H2,22,23,24,26). The fourth-order valence-electron chi connectivity index (χ4n) is 2.28. The average molecular weight is 403 g/mol. The molecule has 9 heteroatoms. The molecule has 1 heterocycles. The summed E-state index contributed by atoms with van der Waals surface area (Å²) in [6.07, 6.45) is 1.53. The van der Waals surface area contributed by atoms with Crippen molar-refractivity contribution < 1.29 is 4.79 Å². The van der Waals surface area contributed by atoms with Crippen molar-refractivity contribution in [3.63, 3.8) is 0 Å². The molecule has 27 heavy (non-hydrogen) atoms. The molecule has 0 atom stereocenters. The van der Waals surface area contributed by atoms with E-state index in [1.54, 1.807) is 18.2 Å². The fraction of sp³-hybridized carbons (Fsp3) is 0.0556. The number of benzene rings is 2. The van der Waals surface area contributed by atoms with E-state index in [0.29, 0.717) is 21.6 Å². The molecule has 0 bridgehead atoms. The number of hydrogen-bond donors (Lipinski definition) is 4. The van der Waals surface area contributed by atoms with Crippen LogP contribution < -0.4 is 21.9 Å². The lowest BCUT2D eigenvalue weighted by Crippen LogP contribution is -2.31. The Balaban J connectivity index is 1.68. The number of hydrazine groups is 1. The molecule has 2 aromatic carbocycles. The Morgan fingerprint density at radius 1 is 1.00 bits per heavy atom. The third-order valence-corrected chi connectivity index (χ3v) is 4.44. The number of amides is 1. The lowest BCUT2D eigenvalue weighted by molar-refractivity contribution is -0.119. The van der Waals surface area contributed by atoms with Gasteiger partial charge in [-0.25, -0.2) is 9.97 Å². The third-order valence-electron chi connectivity index (χ3n) is 3.62. The highest BCUT2D eigenvalue weighted by atomic mass is 35.5. The Morgan fingerprint density at radius 3 is 2.52 bits per heavy atom. The van der Waals surface area contributed by atoms with Crippen LogP contribution in [0.5, 0.6) is 0 Å². The number of rotatable bonds is 6. The molecule has 138 valence electrons. The highest BCUT2D eigenvalue weighted by molar-refractivity contribution is 6.43. The van der Waals surface area contributed by atoms with E-state index in [2.05, 4.69) is 26.1 Å². The normalized spacial score (nSPS) is 10.3. The second-order valence-corrected chi connectivity index (χ2v) is 6.33. The number of hydrogen-bond acceptors (Lipinski definition) is 6. The maximum atomic E-state index is 12.0. The predicted octanol–water partition coefficient (Wildman–Crippen LogP) is 3.80. The molecule has 0 spiro atoms. The number of halogens is 2. The molecule has 0 aliphatic heterocycles. The van der Waals surface area contributed by atoms with Crippen LogP contribution in [-0.4, -0.2) is 15.9 Å². The zero-order valence-electron chi connectivity index (χ0n) is 14.0. The van der Waals surface area contributed by atoms with Crippen LogP contribution in [0.3, 0.4) is 0 Å². The molecule has 7 nitrogen and oxygen atoms in total. The monoisotopic (exact) mass is 402 g/mol. The molecule has 0 fully saturated rings. The predicted molar refractivity (Wildman–Crippen MR) is 108 cm³/mol. The van der Waals surface area contributed by atoms with Gasteiger partial charge in [0.15, 0.2) is 11.6 Å². The van der Waals surface area contributed by atoms with Crippen LogP contribution in [0.25, 0.3) is 0 Å². The molecule has 0 aliphatic rings. The summed E-state index contributed by atoms with van der Waals surface area (Å²) < 4.78 is 0. The highest BCUT2D eigenvalue weighted by Gasteiger charge is 2.12. The average Bonchev–Trinajstić information content (AvgIpc) is 2.67. The molecule has 3 rings (SSSR count). The van der Waals surface area contributed by atoms with Crippen molar-refractivity contribution in [2.75, 3.05) is 16.5 Å². The lowest BCUT2D eigenvalue weighted by Gasteiger charge is -2.14. The van der Waals surface area contributed by atoms with E-state index in [4.69, 9.17) is 28.9 Å². The Hall–Kier alpha value is -3.03. The largest absolute Gasteiger partial charge is 0.393 e. The van der Waals surface area contributed by atoms with Crippen LogP contribution in [0.2, 0.25) is 10.0 Å². The van der Waals surface area contributed by atoms with E-state index < -0.39 is 0 Å². The Morgan fingerprint density at radius 2 is 1.74 bits per heavy atom. The molecule has 0 radical (unpaired) electrons. The summed E-state index contributed by atoms with van der Waals surface area (Å²) in [5, 5.41) is 3.76. The maximum absolute atomic E-state index is 12.0. The van der Waals surface area contributed by atoms with Gasteiger partial charge < -0.3 is 11.1 Å². The van der Waals surface area contributed by atoms with Gasteiger partial charge >= 0.3 is 0 Å². The minimum Gasteiger partial charge on any atom is -0.393 e. The van der Waals surface area contributed by atoms with Gasteiger partial charge in [-0.1, -0.05) is 59.6 Å². The number of anilines is 4. The van der Waals surface area contributed by atoms with Crippen LogP contribution in [-0.2, 0) is 11.2 Å². The quantitative estimate of drug-likeness (QED) is 0.467. The molecular weight excluding hydrogens is 387 g/mol. The second-order valence-electron chi connectivity index (χ2n) is 5.55. The zero-order valence-corrected chi connectivity index (χ0v) is 15.6. The first-order chi connectivity index (χ1) is 13.0. The molecule has 1 aromatic heterocycles. The van der Waals surface area contributed by atoms with Crippen molar-refractivity contribution in [3.05, 3.63) is 70.5 Å². The molecule has 0 unspecified atom stereocenters. The molecule has 0 saturated carbocycles. The van der Waals surface area contributed by atoms with Gasteiger partial charge in [0.05, 0.1) is 22.2 Å². The smallest absolute Gasteiger partial charge is 0.242 e. The van der Waals surface area contributed by atoms with Gasteiger partial charge in [0, 0.05) is 0 Å². The van der Waals surface area contributed by atoms with E-state index in [0.717, 1.165) is 5.56 Å². The lowest BCUT2D eigenvalue weighted by atomic mass is 10.1. The molecule has 0 aliphatic carbocycles. The first kappa shape index (κ1) is 18.8. The van der Waals surface area contributed by atoms with Crippen LogP contribution >= 0.6 is 23.2 Å². The summed E-state index contributed by atoms with van der Waals surface area (Å²) in [5.74, 6) is 0.354. The van der Waals surface area contributed by atoms with Gasteiger partial charge in [0.1, 0.15) is 12.0 Å². The summed E-state index contributed by atoms with van der Waals surface area (Å²) in [6.45, 7) is 0. The minimum atomic E-state index is -0.230. The summed E-state index contributed by atoms with van der Waals surface area (Å²) in [6, 6.07) is 14.5. The number of nitrogens with two attached hydrogens (primary N) is 1. The molecule has 3 aromatic rings. The second kappa shape index (κ2) is 8.57. The first-order valence-electron chi connectivity index (χ1n) is 7.95. The van der Waals surface area contributed by atoms with Crippen molar-refractivity contribution in [2.45, 2.75) is 6.42 Å². The molecule has 5 N–H and O–H groups in total. The van der Waals surface area contributed by atoms with Gasteiger partial charge in [-0.15, -0.1) is 0 Å². The van der Waals surface area contributed by atoms with Crippen molar-refractivity contribution >= 4 is 52.1 Å². The number of nitrogen functional groups attached to an aromatic ring is 1. The van der Waals surface area contributed by atoms with Gasteiger partial charge in [-0.2, -0.15) is 0 Å². The van der Waals surface area contributed by atoms with E-state index >= 15 is 0 Å². The van der Waals surface area contributed by atoms with E-state index in [1.807, 2.05) is 30.3 Å². The van der Waals surface area contributed by atoms with Crippen molar-refractivity contribution in [1.82, 2.24) is 15.4 Å². The Kier molecular flexibility index (Phi) is 5.95. The summed E-state index contributed by atoms with van der Waals surface area (Å²) in [5.41, 5.74) is 13.0. The van der Waals surface area contributed by atoms with Gasteiger partial charge in [0.25, 0.3) is 0 Å². The Bertz CT molecular complexity index is 952. The third kappa shape index (κ3) is 4.78. The van der Waals surface area contributed by atoms with E-state index in [-0.39, 0.29) is 23.8 Å². The molecule has 0 saturated heterocycles. The summed E-state index contributed by atoms with van der Waals surface area (Å²) in [4.78, 5) is 20.2. The topological polar surface area (TPSA) is 105 Å². The first-order valence-corrected chi connectivity index (χ1v) is 8.70. The van der Waals surface area contributed by atoms with Crippen molar-refractivity contribution in [1.29, 1.82) is 0 Å². The van der Waals surface area contributed by atoms with Crippen LogP contribution in [0.1, 0.15) is 5.56 Å². The number of nitrogens with zero attached hydrogens (tertiary/aromatic N) is 2. The SMILES string of the molecule is Nc1c(NNC(=O)Cc2ccccc2)ncnc1Nc1cccc(Cl)c1Cl. The number of aromatic nitrogens is 2. The highest BCUT2D eigenvalue weighted by Crippen LogP contribution is 2.33. The summed E-state index contributed by atoms with van der Waals surface area (Å²) >= 11 is 12.2.